The third kappa shape index (κ3) is 4.41. The summed E-state index contributed by atoms with van der Waals surface area (Å²) in [6, 6.07) is 7.24. The average molecular weight is 564 g/mol. The predicted molar refractivity (Wildman–Crippen MR) is 125 cm³/mol. The van der Waals surface area contributed by atoms with Crippen LogP contribution in [0, 0.1) is 17.1 Å². The van der Waals surface area contributed by atoms with Gasteiger partial charge in [0.25, 0.3) is 0 Å². The Morgan fingerprint density at radius 1 is 1.25 bits per heavy atom. The molecule has 5 nitrogen and oxygen atoms in total. The molecule has 0 spiro atoms. The number of hydroxylamine groups is 1. The Morgan fingerprint density at radius 2 is 1.89 bits per heavy atom. The van der Waals surface area contributed by atoms with Crippen LogP contribution in [0.5, 0.6) is 0 Å². The maximum Gasteiger partial charge on any atom is 0.428 e. The topological polar surface area (TPSA) is 65.4 Å². The maximum atomic E-state index is 15.4. The molecule has 0 bridgehead atoms. The number of carbonyl (C=O) groups is 1. The maximum absolute atomic E-state index is 15.4. The molecule has 0 aliphatic carbocycles. The SMILES string of the molecule is CSCC(=O)N1CC(F)(c2ccc(C3=CC(c4cc(Cl)c(F)c(Cl)c4)(C(F)(F)F)ON3)cc2C#N)C1. The molecule has 1 amide bonds. The Hall–Kier alpha value is -2.52. The normalized spacial score (nSPS) is 20.9. The van der Waals surface area contributed by atoms with Crippen molar-refractivity contribution in [3.63, 3.8) is 0 Å². The summed E-state index contributed by atoms with van der Waals surface area (Å²) in [5.74, 6) is -1.10. The smallest absolute Gasteiger partial charge is 0.335 e. The van der Waals surface area contributed by atoms with E-state index in [1.165, 1.54) is 34.9 Å². The largest absolute Gasteiger partial charge is 0.428 e. The molecular weight excluding hydrogens is 548 g/mol. The number of nitrogens with one attached hydrogen (secondary N) is 1. The monoisotopic (exact) mass is 563 g/mol. The molecule has 2 aliphatic heterocycles. The van der Waals surface area contributed by atoms with Gasteiger partial charge in [0.1, 0.15) is 0 Å². The van der Waals surface area contributed by atoms with Gasteiger partial charge < -0.3 is 4.90 Å². The lowest BCUT2D eigenvalue weighted by molar-refractivity contribution is -0.269. The van der Waals surface area contributed by atoms with Crippen LogP contribution in [0.3, 0.4) is 0 Å². The molecule has 13 heteroatoms. The Morgan fingerprint density at radius 3 is 2.44 bits per heavy atom. The highest BCUT2D eigenvalue weighted by atomic mass is 35.5. The molecule has 0 radical (unpaired) electrons. The molecule has 2 aliphatic rings. The van der Waals surface area contributed by atoms with E-state index >= 15 is 4.39 Å². The zero-order valence-electron chi connectivity index (χ0n) is 18.4. The van der Waals surface area contributed by atoms with E-state index in [1.807, 2.05) is 6.07 Å². The summed E-state index contributed by atoms with van der Waals surface area (Å²) in [6.07, 6.45) is -2.57. The highest BCUT2D eigenvalue weighted by molar-refractivity contribution is 7.99. The van der Waals surface area contributed by atoms with Gasteiger partial charge in [0.15, 0.2) is 11.5 Å². The molecule has 1 unspecified atom stereocenters. The highest BCUT2D eigenvalue weighted by Gasteiger charge is 2.60. The van der Waals surface area contributed by atoms with Crippen molar-refractivity contribution in [3.8, 4) is 6.07 Å². The van der Waals surface area contributed by atoms with E-state index in [9.17, 15) is 27.6 Å². The molecule has 1 fully saturated rings. The Kier molecular flexibility index (Phi) is 6.94. The Labute approximate surface area is 216 Å². The number of halogens is 7. The molecule has 2 aromatic carbocycles. The number of thioether (sulfide) groups is 1. The van der Waals surface area contributed by atoms with Crippen molar-refractivity contribution in [2.24, 2.45) is 0 Å². The van der Waals surface area contributed by atoms with Gasteiger partial charge in [-0.2, -0.15) is 30.2 Å². The number of hydrogen-bond acceptors (Lipinski definition) is 5. The quantitative estimate of drug-likeness (QED) is 0.373. The minimum Gasteiger partial charge on any atom is -0.335 e. The van der Waals surface area contributed by atoms with Crippen LogP contribution in [0.2, 0.25) is 10.0 Å². The minimum atomic E-state index is -5.02. The van der Waals surface area contributed by atoms with Crippen LogP contribution < -0.4 is 5.48 Å². The number of amides is 1. The number of carbonyl (C=O) groups excluding carboxylic acids is 1. The highest BCUT2D eigenvalue weighted by Crippen LogP contribution is 2.49. The van der Waals surface area contributed by atoms with Crippen molar-refractivity contribution in [2.45, 2.75) is 17.4 Å². The van der Waals surface area contributed by atoms with Gasteiger partial charge in [0, 0.05) is 16.7 Å². The minimum absolute atomic E-state index is 0.0284. The summed E-state index contributed by atoms with van der Waals surface area (Å²) in [5, 5.41) is 8.36. The van der Waals surface area contributed by atoms with Gasteiger partial charge in [-0.25, -0.2) is 8.78 Å². The molecule has 2 aromatic rings. The van der Waals surface area contributed by atoms with Crippen LogP contribution in [0.25, 0.3) is 5.70 Å². The van der Waals surface area contributed by atoms with E-state index < -0.39 is 38.9 Å². The van der Waals surface area contributed by atoms with Gasteiger partial charge in [-0.15, -0.1) is 0 Å². The van der Waals surface area contributed by atoms with Gasteiger partial charge in [-0.3, -0.25) is 15.1 Å². The van der Waals surface area contributed by atoms with Crippen LogP contribution in [0.4, 0.5) is 22.0 Å². The molecule has 0 saturated carbocycles. The zero-order valence-corrected chi connectivity index (χ0v) is 20.7. The molecule has 1 atom stereocenters. The fourth-order valence-electron chi connectivity index (χ4n) is 4.07. The number of alkyl halides is 4. The van der Waals surface area contributed by atoms with Gasteiger partial charge >= 0.3 is 6.18 Å². The second-order valence-corrected chi connectivity index (χ2v) is 9.95. The summed E-state index contributed by atoms with van der Waals surface area (Å²) in [4.78, 5) is 18.3. The second-order valence-electron chi connectivity index (χ2n) is 8.27. The van der Waals surface area contributed by atoms with E-state index in [1.54, 1.807) is 6.26 Å². The van der Waals surface area contributed by atoms with Gasteiger partial charge in [0.2, 0.25) is 11.5 Å². The first kappa shape index (κ1) is 26.5. The summed E-state index contributed by atoms with van der Waals surface area (Å²) in [5.41, 5.74) is -3.52. The standard InChI is InChI=1S/C23H16Cl2F5N3O2S/c1-36-9-19(34)33-10-21(27,11-33)15-3-2-12(4-13(15)8-31)18-7-22(35-32-18,23(28,29)30)14-5-16(24)20(26)17(25)6-14/h2-7,32H,9-11H2,1H3. The van der Waals surface area contributed by atoms with Crippen LogP contribution in [0.15, 0.2) is 36.4 Å². The lowest BCUT2D eigenvalue weighted by Gasteiger charge is -2.45. The molecule has 1 N–H and O–H groups in total. The molecule has 36 heavy (non-hydrogen) atoms. The van der Waals surface area contributed by atoms with Gasteiger partial charge in [-0.05, 0) is 30.5 Å². The first-order valence-corrected chi connectivity index (χ1v) is 12.4. The first-order valence-electron chi connectivity index (χ1n) is 10.2. The summed E-state index contributed by atoms with van der Waals surface area (Å²) < 4.78 is 71.9. The fraction of sp³-hybridized carbons (Fsp3) is 0.304. The second kappa shape index (κ2) is 9.41. The number of nitriles is 1. The first-order chi connectivity index (χ1) is 16.8. The van der Waals surface area contributed by atoms with Crippen molar-refractivity contribution >= 4 is 46.6 Å². The zero-order chi connectivity index (χ0) is 26.5. The fourth-order valence-corrected chi connectivity index (χ4v) is 4.99. The Bertz CT molecular complexity index is 1280. The molecule has 0 aromatic heterocycles. The molecular formula is C23H16Cl2F5N3O2S. The predicted octanol–water partition coefficient (Wildman–Crippen LogP) is 5.71. The summed E-state index contributed by atoms with van der Waals surface area (Å²) in [7, 11) is 0. The molecule has 190 valence electrons. The Balaban J connectivity index is 1.69. The van der Waals surface area contributed by atoms with E-state index in [-0.39, 0.29) is 47.1 Å². The number of rotatable bonds is 5. The van der Waals surface area contributed by atoms with Crippen LogP contribution in [0.1, 0.15) is 22.3 Å². The van der Waals surface area contributed by atoms with Crippen LogP contribution in [-0.4, -0.2) is 42.1 Å². The third-order valence-electron chi connectivity index (χ3n) is 5.94. The third-order valence-corrected chi connectivity index (χ3v) is 7.03. The van der Waals surface area contributed by atoms with Crippen molar-refractivity contribution < 1.29 is 31.6 Å². The number of likely N-dealkylation sites (tertiary alicyclic amines) is 1. The van der Waals surface area contributed by atoms with E-state index in [0.29, 0.717) is 6.08 Å². The molecule has 1 saturated heterocycles. The summed E-state index contributed by atoms with van der Waals surface area (Å²) >= 11 is 12.7. The van der Waals surface area contributed by atoms with Crippen LogP contribution >= 0.6 is 35.0 Å². The van der Waals surface area contributed by atoms with Gasteiger partial charge in [0.05, 0.1) is 46.2 Å². The van der Waals surface area contributed by atoms with E-state index in [4.69, 9.17) is 28.0 Å². The van der Waals surface area contributed by atoms with E-state index in [2.05, 4.69) is 5.48 Å². The lowest BCUT2D eigenvalue weighted by atomic mass is 9.84. The van der Waals surface area contributed by atoms with Crippen molar-refractivity contribution in [1.82, 2.24) is 10.4 Å². The van der Waals surface area contributed by atoms with E-state index in [0.717, 1.165) is 12.1 Å². The summed E-state index contributed by atoms with van der Waals surface area (Å²) in [6.45, 7) is -0.457. The number of hydrogen-bond donors (Lipinski definition) is 1. The average Bonchev–Trinajstić information content (AvgIpc) is 3.27. The number of nitrogens with zero attached hydrogens (tertiary/aromatic N) is 2. The number of benzene rings is 2. The van der Waals surface area contributed by atoms with Gasteiger partial charge in [-0.1, -0.05) is 35.3 Å². The lowest BCUT2D eigenvalue weighted by Crippen LogP contribution is -2.59. The van der Waals surface area contributed by atoms with Crippen LogP contribution in [-0.2, 0) is 20.9 Å². The molecule has 4 rings (SSSR count). The van der Waals surface area contributed by atoms with Crippen molar-refractivity contribution in [3.05, 3.63) is 74.5 Å². The van der Waals surface area contributed by atoms with Crippen molar-refractivity contribution in [2.75, 3.05) is 25.1 Å². The molecule has 2 heterocycles. The van der Waals surface area contributed by atoms with Crippen molar-refractivity contribution in [1.29, 1.82) is 5.26 Å².